The summed E-state index contributed by atoms with van der Waals surface area (Å²) in [5.41, 5.74) is 2.83. The van der Waals surface area contributed by atoms with E-state index >= 15 is 0 Å². The molecule has 0 saturated heterocycles. The molecule has 10 heavy (non-hydrogen) atoms. The minimum Gasteiger partial charge on any atom is -0.0876 e. The highest BCUT2D eigenvalue weighted by molar-refractivity contribution is 14.1. The number of hydrogen-bond acceptors (Lipinski definition) is 0. The van der Waals surface area contributed by atoms with E-state index in [9.17, 15) is 0 Å². The molecule has 0 radical (unpaired) electrons. The molecule has 1 aromatic carbocycles. The fraction of sp³-hybridized carbons (Fsp3) is 0.250. The molecular weight excluding hydrogens is 303 g/mol. The van der Waals surface area contributed by atoms with Gasteiger partial charge in [0.15, 0.2) is 0 Å². The molecule has 0 saturated carbocycles. The van der Waals surface area contributed by atoms with E-state index in [2.05, 4.69) is 62.8 Å². The summed E-state index contributed by atoms with van der Waals surface area (Å²) in [7, 11) is 0. The molecule has 0 spiro atoms. The van der Waals surface area contributed by atoms with E-state index in [0.29, 0.717) is 0 Å². The first kappa shape index (κ1) is 8.53. The van der Waals surface area contributed by atoms with Crippen molar-refractivity contribution in [3.05, 3.63) is 35.4 Å². The van der Waals surface area contributed by atoms with Gasteiger partial charge < -0.3 is 0 Å². The molecule has 0 aliphatic heterocycles. The van der Waals surface area contributed by atoms with Crippen LogP contribution in [-0.4, -0.2) is 0 Å². The van der Waals surface area contributed by atoms with Gasteiger partial charge in [-0.05, 0) is 11.1 Å². The van der Waals surface area contributed by atoms with Gasteiger partial charge in [-0.1, -0.05) is 62.8 Å². The Kier molecular flexibility index (Phi) is 3.70. The minimum absolute atomic E-state index is 0.964. The second kappa shape index (κ2) is 4.34. The Labute approximate surface area is 83.3 Å². The molecule has 0 bridgehead atoms. The van der Waals surface area contributed by atoms with E-state index in [1.807, 2.05) is 0 Å². The van der Waals surface area contributed by atoms with Crippen molar-refractivity contribution in [2.45, 2.75) is 9.76 Å². The summed E-state index contributed by atoms with van der Waals surface area (Å²) in [6.45, 7) is 0. The van der Waals surface area contributed by atoms with Crippen LogP contribution in [-0.2, 0) is 9.76 Å². The standard InChI is InChI=1S/C8H8BrI/c9-5-7-3-1-2-4-8(7)6-10/h1-4H,5-6H2. The van der Waals surface area contributed by atoms with Gasteiger partial charge in [-0.2, -0.15) is 0 Å². The quantitative estimate of drug-likeness (QED) is 0.579. The van der Waals surface area contributed by atoms with Gasteiger partial charge in [0.05, 0.1) is 0 Å². The summed E-state index contributed by atoms with van der Waals surface area (Å²) in [6, 6.07) is 8.48. The van der Waals surface area contributed by atoms with Gasteiger partial charge in [0.2, 0.25) is 0 Å². The third-order valence-corrected chi connectivity index (χ3v) is 2.83. The Morgan fingerprint density at radius 2 is 1.80 bits per heavy atom. The van der Waals surface area contributed by atoms with Gasteiger partial charge in [0, 0.05) is 9.76 Å². The number of hydrogen-bond donors (Lipinski definition) is 0. The van der Waals surface area contributed by atoms with Crippen molar-refractivity contribution < 1.29 is 0 Å². The molecule has 0 fully saturated rings. The maximum atomic E-state index is 3.45. The van der Waals surface area contributed by atoms with E-state index < -0.39 is 0 Å². The van der Waals surface area contributed by atoms with Crippen LogP contribution in [0.25, 0.3) is 0 Å². The molecule has 1 aromatic rings. The van der Waals surface area contributed by atoms with Crippen molar-refractivity contribution in [1.29, 1.82) is 0 Å². The zero-order chi connectivity index (χ0) is 7.40. The summed E-state index contributed by atoms with van der Waals surface area (Å²) in [4.78, 5) is 0. The highest BCUT2D eigenvalue weighted by Gasteiger charge is 1.95. The molecular formula is C8H8BrI. The molecule has 0 heterocycles. The molecule has 0 amide bonds. The normalized spacial score (nSPS) is 9.80. The molecule has 0 nitrogen and oxygen atoms in total. The van der Waals surface area contributed by atoms with E-state index in [0.717, 1.165) is 9.76 Å². The Morgan fingerprint density at radius 3 is 2.20 bits per heavy atom. The maximum Gasteiger partial charge on any atom is 0.0286 e. The highest BCUT2D eigenvalue weighted by Crippen LogP contribution is 2.14. The second-order valence-electron chi connectivity index (χ2n) is 2.04. The fourth-order valence-electron chi connectivity index (χ4n) is 0.818. The van der Waals surface area contributed by atoms with Crippen LogP contribution >= 0.6 is 38.5 Å². The van der Waals surface area contributed by atoms with Crippen molar-refractivity contribution in [3.8, 4) is 0 Å². The van der Waals surface area contributed by atoms with E-state index in [-0.39, 0.29) is 0 Å². The van der Waals surface area contributed by atoms with Crippen LogP contribution < -0.4 is 0 Å². The van der Waals surface area contributed by atoms with Crippen LogP contribution in [0.15, 0.2) is 24.3 Å². The summed E-state index contributed by atoms with van der Waals surface area (Å²) in [6.07, 6.45) is 0. The minimum atomic E-state index is 0.964. The molecule has 0 atom stereocenters. The summed E-state index contributed by atoms with van der Waals surface area (Å²) >= 11 is 5.83. The lowest BCUT2D eigenvalue weighted by molar-refractivity contribution is 1.31. The smallest absolute Gasteiger partial charge is 0.0286 e. The third-order valence-electron chi connectivity index (χ3n) is 1.41. The van der Waals surface area contributed by atoms with E-state index in [1.54, 1.807) is 0 Å². The average Bonchev–Trinajstić information content (AvgIpc) is 2.04. The number of benzene rings is 1. The SMILES string of the molecule is BrCc1ccccc1CI. The molecule has 0 aromatic heterocycles. The van der Waals surface area contributed by atoms with Gasteiger partial charge >= 0.3 is 0 Å². The van der Waals surface area contributed by atoms with Crippen molar-refractivity contribution in [3.63, 3.8) is 0 Å². The monoisotopic (exact) mass is 310 g/mol. The first-order valence-electron chi connectivity index (χ1n) is 3.07. The van der Waals surface area contributed by atoms with Gasteiger partial charge in [-0.15, -0.1) is 0 Å². The van der Waals surface area contributed by atoms with Crippen LogP contribution in [0.2, 0.25) is 0 Å². The topological polar surface area (TPSA) is 0 Å². The van der Waals surface area contributed by atoms with Gasteiger partial charge in [0.25, 0.3) is 0 Å². The van der Waals surface area contributed by atoms with Gasteiger partial charge in [0.1, 0.15) is 0 Å². The maximum absolute atomic E-state index is 3.45. The first-order valence-corrected chi connectivity index (χ1v) is 5.72. The van der Waals surface area contributed by atoms with Crippen LogP contribution in [0.1, 0.15) is 11.1 Å². The first-order chi connectivity index (χ1) is 4.88. The molecule has 0 N–H and O–H groups in total. The van der Waals surface area contributed by atoms with Crippen LogP contribution in [0.3, 0.4) is 0 Å². The predicted octanol–water partition coefficient (Wildman–Crippen LogP) is 3.52. The Bertz CT molecular complexity index is 187. The van der Waals surface area contributed by atoms with Crippen LogP contribution in [0, 0.1) is 0 Å². The van der Waals surface area contributed by atoms with Crippen LogP contribution in [0.5, 0.6) is 0 Å². The summed E-state index contributed by atoms with van der Waals surface area (Å²) < 4.78 is 1.10. The Morgan fingerprint density at radius 1 is 1.20 bits per heavy atom. The fourth-order valence-corrected chi connectivity index (χ4v) is 2.11. The average molecular weight is 311 g/mol. The molecule has 54 valence electrons. The zero-order valence-corrected chi connectivity index (χ0v) is 9.22. The lowest BCUT2D eigenvalue weighted by atomic mass is 10.1. The van der Waals surface area contributed by atoms with Crippen molar-refractivity contribution in [2.75, 3.05) is 0 Å². The largest absolute Gasteiger partial charge is 0.0876 e. The van der Waals surface area contributed by atoms with E-state index in [1.165, 1.54) is 11.1 Å². The number of rotatable bonds is 2. The number of halogens is 2. The number of alkyl halides is 2. The second-order valence-corrected chi connectivity index (χ2v) is 3.36. The highest BCUT2D eigenvalue weighted by atomic mass is 127. The van der Waals surface area contributed by atoms with Gasteiger partial charge in [-0.3, -0.25) is 0 Å². The zero-order valence-electron chi connectivity index (χ0n) is 5.48. The van der Waals surface area contributed by atoms with Crippen molar-refractivity contribution >= 4 is 38.5 Å². The Balaban J connectivity index is 2.96. The van der Waals surface area contributed by atoms with Crippen LogP contribution in [0.4, 0.5) is 0 Å². The van der Waals surface area contributed by atoms with Gasteiger partial charge in [-0.25, -0.2) is 0 Å². The molecule has 2 heteroatoms. The lowest BCUT2D eigenvalue weighted by Crippen LogP contribution is -1.84. The third kappa shape index (κ3) is 1.95. The van der Waals surface area contributed by atoms with Crippen molar-refractivity contribution in [2.24, 2.45) is 0 Å². The summed E-state index contributed by atoms with van der Waals surface area (Å²) in [5.74, 6) is 0. The Hall–Kier alpha value is 0.430. The lowest BCUT2D eigenvalue weighted by Gasteiger charge is -2.00. The van der Waals surface area contributed by atoms with E-state index in [4.69, 9.17) is 0 Å². The molecule has 0 unspecified atom stereocenters. The van der Waals surface area contributed by atoms with Crippen molar-refractivity contribution in [1.82, 2.24) is 0 Å². The molecule has 0 aliphatic rings. The molecule has 1 rings (SSSR count). The summed E-state index contributed by atoms with van der Waals surface area (Å²) in [5, 5.41) is 0.964. The molecule has 0 aliphatic carbocycles. The predicted molar refractivity (Wildman–Crippen MR) is 56.8 cm³/mol.